The summed E-state index contributed by atoms with van der Waals surface area (Å²) in [6.07, 6.45) is 0. The predicted octanol–water partition coefficient (Wildman–Crippen LogP) is 4.20. The van der Waals surface area contributed by atoms with Crippen LogP contribution in [0.5, 0.6) is 0 Å². The summed E-state index contributed by atoms with van der Waals surface area (Å²) >= 11 is 8.35. The van der Waals surface area contributed by atoms with Gasteiger partial charge in [-0.25, -0.2) is 0 Å². The molecule has 0 bridgehead atoms. The Kier molecular flexibility index (Phi) is 4.36. The van der Waals surface area contributed by atoms with E-state index in [9.17, 15) is 4.79 Å². The second kappa shape index (κ2) is 5.80. The van der Waals surface area contributed by atoms with E-state index in [0.717, 1.165) is 14.5 Å². The Labute approximate surface area is 120 Å². The van der Waals surface area contributed by atoms with Gasteiger partial charge in [0.15, 0.2) is 0 Å². The first kappa shape index (κ1) is 12.8. The highest BCUT2D eigenvalue weighted by Crippen LogP contribution is 2.21. The molecule has 0 saturated carbocycles. The average Bonchev–Trinajstić information content (AvgIpc) is 2.82. The molecule has 0 unspecified atom stereocenters. The second-order valence-corrected chi connectivity index (χ2v) is 5.99. The van der Waals surface area contributed by atoms with E-state index in [1.165, 1.54) is 0 Å². The number of nitrogens with one attached hydrogen (secondary N) is 1. The molecule has 5 heteroatoms. The molecular weight excluding hydrogens is 366 g/mol. The molecule has 1 heterocycles. The normalized spacial score (nSPS) is 10.2. The first-order valence-electron chi connectivity index (χ1n) is 4.91. The van der Waals surface area contributed by atoms with Crippen LogP contribution in [0, 0.1) is 0 Å². The molecule has 1 amide bonds. The van der Waals surface area contributed by atoms with Crippen molar-refractivity contribution in [1.82, 2.24) is 5.32 Å². The lowest BCUT2D eigenvalue weighted by Crippen LogP contribution is -2.22. The number of carbonyl (C=O) groups is 1. The summed E-state index contributed by atoms with van der Waals surface area (Å²) in [6, 6.07) is 7.54. The number of thiophene rings is 1. The maximum absolute atomic E-state index is 12.0. The van der Waals surface area contributed by atoms with Crippen molar-refractivity contribution in [3.05, 3.63) is 55.1 Å². The molecule has 2 nitrogen and oxygen atoms in total. The van der Waals surface area contributed by atoms with Crippen LogP contribution < -0.4 is 5.32 Å². The third-order valence-corrected chi connectivity index (χ3v) is 4.12. The molecule has 1 N–H and O–H groups in total. The predicted molar refractivity (Wildman–Crippen MR) is 77.3 cm³/mol. The van der Waals surface area contributed by atoms with E-state index in [4.69, 9.17) is 0 Å². The van der Waals surface area contributed by atoms with Gasteiger partial charge in [-0.1, -0.05) is 15.9 Å². The first-order valence-corrected chi connectivity index (χ1v) is 7.44. The maximum atomic E-state index is 12.0. The minimum atomic E-state index is -0.0793. The summed E-state index contributed by atoms with van der Waals surface area (Å²) in [7, 11) is 0. The molecule has 17 heavy (non-hydrogen) atoms. The molecule has 0 atom stereocenters. The van der Waals surface area contributed by atoms with Crippen LogP contribution in [-0.2, 0) is 6.54 Å². The highest BCUT2D eigenvalue weighted by molar-refractivity contribution is 9.11. The zero-order chi connectivity index (χ0) is 12.3. The Hall–Kier alpha value is -0.650. The lowest BCUT2D eigenvalue weighted by Gasteiger charge is -2.06. The average molecular weight is 375 g/mol. The van der Waals surface area contributed by atoms with Gasteiger partial charge >= 0.3 is 0 Å². The quantitative estimate of drug-likeness (QED) is 0.856. The Morgan fingerprint density at radius 1 is 1.29 bits per heavy atom. The van der Waals surface area contributed by atoms with Crippen LogP contribution in [0.2, 0.25) is 0 Å². The van der Waals surface area contributed by atoms with Gasteiger partial charge in [0.2, 0.25) is 0 Å². The van der Waals surface area contributed by atoms with E-state index in [1.807, 2.05) is 29.0 Å². The number of carbonyl (C=O) groups excluding carboxylic acids is 1. The topological polar surface area (TPSA) is 29.1 Å². The maximum Gasteiger partial charge on any atom is 0.252 e. The molecule has 0 spiro atoms. The van der Waals surface area contributed by atoms with Gasteiger partial charge in [0.25, 0.3) is 5.91 Å². The van der Waals surface area contributed by atoms with Crippen molar-refractivity contribution < 1.29 is 4.79 Å². The van der Waals surface area contributed by atoms with Gasteiger partial charge in [-0.15, -0.1) is 0 Å². The van der Waals surface area contributed by atoms with Gasteiger partial charge in [0, 0.05) is 15.5 Å². The van der Waals surface area contributed by atoms with E-state index in [2.05, 4.69) is 37.2 Å². The molecular formula is C12H9Br2NOS. The Bertz CT molecular complexity index is 525. The molecule has 88 valence electrons. The number of hydrogen-bond acceptors (Lipinski definition) is 2. The van der Waals surface area contributed by atoms with Crippen molar-refractivity contribution in [1.29, 1.82) is 0 Å². The minimum absolute atomic E-state index is 0.0793. The van der Waals surface area contributed by atoms with Crippen LogP contribution >= 0.6 is 43.2 Å². The van der Waals surface area contributed by atoms with Crippen molar-refractivity contribution in [2.75, 3.05) is 0 Å². The molecule has 0 radical (unpaired) electrons. The fraction of sp³-hybridized carbons (Fsp3) is 0.0833. The summed E-state index contributed by atoms with van der Waals surface area (Å²) in [5, 5.41) is 6.91. The molecule has 1 aromatic heterocycles. The Balaban J connectivity index is 2.07. The third-order valence-electron chi connectivity index (χ3n) is 2.21. The number of halogens is 2. The van der Waals surface area contributed by atoms with Crippen LogP contribution in [0.1, 0.15) is 15.9 Å². The third kappa shape index (κ3) is 3.40. The van der Waals surface area contributed by atoms with Gasteiger partial charge in [0.1, 0.15) is 0 Å². The minimum Gasteiger partial charge on any atom is -0.348 e. The molecule has 1 aromatic carbocycles. The lowest BCUT2D eigenvalue weighted by atomic mass is 10.2. The van der Waals surface area contributed by atoms with E-state index < -0.39 is 0 Å². The number of benzene rings is 1. The van der Waals surface area contributed by atoms with Crippen LogP contribution in [-0.4, -0.2) is 5.91 Å². The van der Waals surface area contributed by atoms with Gasteiger partial charge in [0.05, 0.1) is 5.56 Å². The fourth-order valence-corrected chi connectivity index (χ4v) is 2.80. The van der Waals surface area contributed by atoms with Crippen LogP contribution in [0.4, 0.5) is 0 Å². The molecule has 0 fully saturated rings. The first-order chi connectivity index (χ1) is 8.16. The Morgan fingerprint density at radius 2 is 2.12 bits per heavy atom. The van der Waals surface area contributed by atoms with E-state index in [1.54, 1.807) is 17.4 Å². The number of hydrogen-bond donors (Lipinski definition) is 1. The number of amides is 1. The van der Waals surface area contributed by atoms with Gasteiger partial charge in [-0.05, 0) is 56.5 Å². The highest BCUT2D eigenvalue weighted by atomic mass is 79.9. The van der Waals surface area contributed by atoms with Crippen molar-refractivity contribution in [3.8, 4) is 0 Å². The van der Waals surface area contributed by atoms with Crippen molar-refractivity contribution in [2.45, 2.75) is 6.54 Å². The zero-order valence-corrected chi connectivity index (χ0v) is 12.7. The summed E-state index contributed by atoms with van der Waals surface area (Å²) in [6.45, 7) is 0.557. The van der Waals surface area contributed by atoms with Gasteiger partial charge in [-0.2, -0.15) is 11.3 Å². The van der Waals surface area contributed by atoms with E-state index in [-0.39, 0.29) is 5.91 Å². The zero-order valence-electron chi connectivity index (χ0n) is 8.74. The number of rotatable bonds is 3. The SMILES string of the molecule is O=C(NCc1ccsc1)c1cc(Br)ccc1Br. The molecule has 2 aromatic rings. The van der Waals surface area contributed by atoms with E-state index in [0.29, 0.717) is 12.1 Å². The lowest BCUT2D eigenvalue weighted by molar-refractivity contribution is 0.0950. The van der Waals surface area contributed by atoms with Gasteiger partial charge in [-0.3, -0.25) is 4.79 Å². The second-order valence-electron chi connectivity index (χ2n) is 3.44. The summed E-state index contributed by atoms with van der Waals surface area (Å²) in [5.41, 5.74) is 1.75. The molecule has 0 aliphatic rings. The van der Waals surface area contributed by atoms with Crippen LogP contribution in [0.15, 0.2) is 44.0 Å². The fourth-order valence-electron chi connectivity index (χ4n) is 1.34. The summed E-state index contributed by atoms with van der Waals surface area (Å²) < 4.78 is 1.69. The summed E-state index contributed by atoms with van der Waals surface area (Å²) in [5.74, 6) is -0.0793. The summed E-state index contributed by atoms with van der Waals surface area (Å²) in [4.78, 5) is 12.0. The van der Waals surface area contributed by atoms with Gasteiger partial charge < -0.3 is 5.32 Å². The molecule has 0 aliphatic heterocycles. The Morgan fingerprint density at radius 3 is 2.82 bits per heavy atom. The largest absolute Gasteiger partial charge is 0.348 e. The van der Waals surface area contributed by atoms with E-state index >= 15 is 0 Å². The van der Waals surface area contributed by atoms with Crippen LogP contribution in [0.3, 0.4) is 0 Å². The molecule has 0 aliphatic carbocycles. The van der Waals surface area contributed by atoms with Crippen molar-refractivity contribution >= 4 is 49.1 Å². The molecule has 2 rings (SSSR count). The van der Waals surface area contributed by atoms with Crippen LogP contribution in [0.25, 0.3) is 0 Å². The standard InChI is InChI=1S/C12H9Br2NOS/c13-9-1-2-11(14)10(5-9)12(16)15-6-8-3-4-17-7-8/h1-5,7H,6H2,(H,15,16). The molecule has 0 saturated heterocycles. The van der Waals surface area contributed by atoms with Crippen molar-refractivity contribution in [3.63, 3.8) is 0 Å². The van der Waals surface area contributed by atoms with Crippen molar-refractivity contribution in [2.24, 2.45) is 0 Å². The monoisotopic (exact) mass is 373 g/mol. The highest BCUT2D eigenvalue weighted by Gasteiger charge is 2.10. The smallest absolute Gasteiger partial charge is 0.252 e.